The van der Waals surface area contributed by atoms with Crippen LogP contribution in [0.4, 0.5) is 0 Å². The number of halogens is 2. The average Bonchev–Trinajstić information content (AvgIpc) is 2.72. The molecule has 1 aromatic rings. The zero-order valence-corrected chi connectivity index (χ0v) is 11.8. The molecule has 2 atom stereocenters. The molecule has 0 bridgehead atoms. The Balaban J connectivity index is 1.91. The van der Waals surface area contributed by atoms with Gasteiger partial charge in [-0.15, -0.1) is 0 Å². The predicted molar refractivity (Wildman–Crippen MR) is 73.1 cm³/mol. The van der Waals surface area contributed by atoms with E-state index in [2.05, 4.69) is 17.2 Å². The lowest BCUT2D eigenvalue weighted by molar-refractivity contribution is 0.0947. The second kappa shape index (κ2) is 5.89. The zero-order chi connectivity index (χ0) is 13.1. The minimum atomic E-state index is -0.177. The largest absolute Gasteiger partial charge is 0.352 e. The molecule has 2 unspecified atom stereocenters. The molecule has 0 spiro atoms. The second-order valence-electron chi connectivity index (χ2n) is 4.97. The summed E-state index contributed by atoms with van der Waals surface area (Å²) in [5.41, 5.74) is 0.382. The Kier molecular flexibility index (Phi) is 4.46. The highest BCUT2D eigenvalue weighted by atomic mass is 35.5. The van der Waals surface area contributed by atoms with Crippen LogP contribution in [-0.2, 0) is 0 Å². The van der Waals surface area contributed by atoms with Crippen molar-refractivity contribution in [2.45, 2.75) is 26.2 Å². The lowest BCUT2D eigenvalue weighted by atomic mass is 10.1. The topological polar surface area (TPSA) is 42.0 Å². The molecule has 18 heavy (non-hydrogen) atoms. The van der Waals surface area contributed by atoms with E-state index in [0.717, 1.165) is 5.92 Å². The number of pyridine rings is 1. The van der Waals surface area contributed by atoms with E-state index in [1.807, 2.05) is 0 Å². The standard InChI is InChI=1S/C13H16Cl2N2O/c1-8-2-3-9(6-8)7-16-13(18)10-4-5-11(14)17-12(10)15/h4-5,8-9H,2-3,6-7H2,1H3,(H,16,18). The van der Waals surface area contributed by atoms with Crippen LogP contribution in [0.25, 0.3) is 0 Å². The number of aromatic nitrogens is 1. The summed E-state index contributed by atoms with van der Waals surface area (Å²) in [5.74, 6) is 1.18. The number of amides is 1. The Morgan fingerprint density at radius 2 is 2.22 bits per heavy atom. The van der Waals surface area contributed by atoms with Crippen LogP contribution >= 0.6 is 23.2 Å². The number of carbonyl (C=O) groups is 1. The Labute approximate surface area is 117 Å². The molecule has 3 nitrogen and oxygen atoms in total. The van der Waals surface area contributed by atoms with Gasteiger partial charge in [0, 0.05) is 6.54 Å². The fourth-order valence-electron chi connectivity index (χ4n) is 2.42. The molecule has 0 aliphatic heterocycles. The molecule has 0 radical (unpaired) electrons. The third kappa shape index (κ3) is 3.36. The molecule has 1 fully saturated rings. The van der Waals surface area contributed by atoms with Crippen LogP contribution in [0.15, 0.2) is 12.1 Å². The molecule has 5 heteroatoms. The van der Waals surface area contributed by atoms with Crippen molar-refractivity contribution in [2.75, 3.05) is 6.54 Å². The van der Waals surface area contributed by atoms with Crippen molar-refractivity contribution in [1.29, 1.82) is 0 Å². The summed E-state index contributed by atoms with van der Waals surface area (Å²) >= 11 is 11.6. The maximum Gasteiger partial charge on any atom is 0.254 e. The van der Waals surface area contributed by atoms with Gasteiger partial charge in [-0.1, -0.05) is 36.5 Å². The van der Waals surface area contributed by atoms with Crippen molar-refractivity contribution in [2.24, 2.45) is 11.8 Å². The predicted octanol–water partition coefficient (Wildman–Crippen LogP) is 3.55. The van der Waals surface area contributed by atoms with Gasteiger partial charge in [-0.25, -0.2) is 4.98 Å². The minimum absolute atomic E-state index is 0.153. The quantitative estimate of drug-likeness (QED) is 0.864. The van der Waals surface area contributed by atoms with Gasteiger partial charge in [0.05, 0.1) is 5.56 Å². The van der Waals surface area contributed by atoms with E-state index in [1.165, 1.54) is 19.3 Å². The molecule has 1 aromatic heterocycles. The third-order valence-electron chi connectivity index (χ3n) is 3.41. The van der Waals surface area contributed by atoms with E-state index < -0.39 is 0 Å². The number of carbonyl (C=O) groups excluding carboxylic acids is 1. The monoisotopic (exact) mass is 286 g/mol. The highest BCUT2D eigenvalue weighted by molar-refractivity contribution is 6.34. The summed E-state index contributed by atoms with van der Waals surface area (Å²) in [7, 11) is 0. The molecule has 1 N–H and O–H groups in total. The first-order valence-corrected chi connectivity index (χ1v) is 6.92. The van der Waals surface area contributed by atoms with Crippen LogP contribution in [0.1, 0.15) is 36.5 Å². The summed E-state index contributed by atoms with van der Waals surface area (Å²) in [4.78, 5) is 15.8. The lowest BCUT2D eigenvalue weighted by Crippen LogP contribution is -2.28. The van der Waals surface area contributed by atoms with Gasteiger partial charge in [-0.05, 0) is 36.8 Å². The van der Waals surface area contributed by atoms with Crippen LogP contribution in [0.3, 0.4) is 0 Å². The fraction of sp³-hybridized carbons (Fsp3) is 0.538. The van der Waals surface area contributed by atoms with Crippen molar-refractivity contribution >= 4 is 29.1 Å². The molecule has 1 aliphatic rings. The van der Waals surface area contributed by atoms with Crippen molar-refractivity contribution in [3.05, 3.63) is 28.0 Å². The van der Waals surface area contributed by atoms with Gasteiger partial charge in [-0.3, -0.25) is 4.79 Å². The van der Waals surface area contributed by atoms with Crippen molar-refractivity contribution in [3.63, 3.8) is 0 Å². The highest BCUT2D eigenvalue weighted by Gasteiger charge is 2.22. The van der Waals surface area contributed by atoms with E-state index in [4.69, 9.17) is 23.2 Å². The first-order chi connectivity index (χ1) is 8.56. The molecule has 1 amide bonds. The summed E-state index contributed by atoms with van der Waals surface area (Å²) in [6.07, 6.45) is 3.63. The Morgan fingerprint density at radius 1 is 1.44 bits per heavy atom. The van der Waals surface area contributed by atoms with Crippen LogP contribution in [0.5, 0.6) is 0 Å². The molecule has 1 aliphatic carbocycles. The van der Waals surface area contributed by atoms with Gasteiger partial charge in [0.15, 0.2) is 0 Å². The lowest BCUT2D eigenvalue weighted by Gasteiger charge is -2.11. The van der Waals surface area contributed by atoms with Gasteiger partial charge < -0.3 is 5.32 Å². The zero-order valence-electron chi connectivity index (χ0n) is 10.2. The first kappa shape index (κ1) is 13.6. The SMILES string of the molecule is CC1CCC(CNC(=O)c2ccc(Cl)nc2Cl)C1. The molecule has 98 valence electrons. The van der Waals surface area contributed by atoms with Crippen LogP contribution in [-0.4, -0.2) is 17.4 Å². The molecular formula is C13H16Cl2N2O. The van der Waals surface area contributed by atoms with E-state index in [0.29, 0.717) is 23.2 Å². The van der Waals surface area contributed by atoms with Gasteiger partial charge >= 0.3 is 0 Å². The number of nitrogens with zero attached hydrogens (tertiary/aromatic N) is 1. The Bertz CT molecular complexity index is 451. The van der Waals surface area contributed by atoms with Gasteiger partial charge in [0.1, 0.15) is 10.3 Å². The van der Waals surface area contributed by atoms with Crippen LogP contribution in [0.2, 0.25) is 10.3 Å². The molecule has 2 rings (SSSR count). The first-order valence-electron chi connectivity index (χ1n) is 6.16. The number of rotatable bonds is 3. The second-order valence-corrected chi connectivity index (χ2v) is 5.71. The van der Waals surface area contributed by atoms with Crippen LogP contribution < -0.4 is 5.32 Å². The minimum Gasteiger partial charge on any atom is -0.352 e. The maximum atomic E-state index is 11.9. The smallest absolute Gasteiger partial charge is 0.254 e. The maximum absolute atomic E-state index is 11.9. The van der Waals surface area contributed by atoms with E-state index >= 15 is 0 Å². The third-order valence-corrected chi connectivity index (χ3v) is 3.91. The van der Waals surface area contributed by atoms with Crippen LogP contribution in [0, 0.1) is 11.8 Å². The van der Waals surface area contributed by atoms with Gasteiger partial charge in [0.25, 0.3) is 5.91 Å². The van der Waals surface area contributed by atoms with E-state index in [9.17, 15) is 4.79 Å². The van der Waals surface area contributed by atoms with Gasteiger partial charge in [-0.2, -0.15) is 0 Å². The fourth-order valence-corrected chi connectivity index (χ4v) is 2.85. The summed E-state index contributed by atoms with van der Waals surface area (Å²) < 4.78 is 0. The molecule has 0 aromatic carbocycles. The summed E-state index contributed by atoms with van der Waals surface area (Å²) in [6, 6.07) is 3.17. The molecule has 1 heterocycles. The summed E-state index contributed by atoms with van der Waals surface area (Å²) in [6.45, 7) is 2.96. The van der Waals surface area contributed by atoms with Gasteiger partial charge in [0.2, 0.25) is 0 Å². The normalized spacial score (nSPS) is 23.1. The Morgan fingerprint density at radius 3 is 2.83 bits per heavy atom. The van der Waals surface area contributed by atoms with E-state index in [1.54, 1.807) is 12.1 Å². The Hall–Kier alpha value is -0.800. The van der Waals surface area contributed by atoms with E-state index in [-0.39, 0.29) is 11.1 Å². The molecule has 0 saturated heterocycles. The molecule has 1 saturated carbocycles. The summed E-state index contributed by atoms with van der Waals surface area (Å²) in [5, 5.41) is 3.36. The highest BCUT2D eigenvalue weighted by Crippen LogP contribution is 2.29. The average molecular weight is 287 g/mol. The van der Waals surface area contributed by atoms with Crippen molar-refractivity contribution in [3.8, 4) is 0 Å². The molecular weight excluding hydrogens is 271 g/mol. The number of hydrogen-bond acceptors (Lipinski definition) is 2. The van der Waals surface area contributed by atoms with Crippen molar-refractivity contribution in [1.82, 2.24) is 10.3 Å². The van der Waals surface area contributed by atoms with Crippen molar-refractivity contribution < 1.29 is 4.79 Å². The number of nitrogens with one attached hydrogen (secondary N) is 1. The number of hydrogen-bond donors (Lipinski definition) is 1.